The normalized spacial score (nSPS) is 11.3. The summed E-state index contributed by atoms with van der Waals surface area (Å²) in [5.74, 6) is -1.09. The number of alkyl halides is 2. The zero-order valence-corrected chi connectivity index (χ0v) is 9.79. The van der Waals surface area contributed by atoms with E-state index in [4.69, 9.17) is 9.84 Å². The van der Waals surface area contributed by atoms with E-state index in [-0.39, 0.29) is 24.2 Å². The Hall–Kier alpha value is -2.09. The van der Waals surface area contributed by atoms with E-state index in [0.717, 1.165) is 0 Å². The summed E-state index contributed by atoms with van der Waals surface area (Å²) in [6.07, 6.45) is -2.51. The number of aromatic nitrogens is 3. The average Bonchev–Trinajstić information content (AvgIpc) is 2.77. The van der Waals surface area contributed by atoms with E-state index in [0.29, 0.717) is 5.52 Å². The lowest BCUT2D eigenvalue weighted by molar-refractivity contribution is 0.0141. The molecule has 0 fully saturated rings. The third-order valence-corrected chi connectivity index (χ3v) is 2.47. The number of aromatic carboxylic acids is 1. The summed E-state index contributed by atoms with van der Waals surface area (Å²) in [5, 5.41) is 16.6. The molecular weight excluding hydrogens is 260 g/mol. The maximum absolute atomic E-state index is 11.9. The molecule has 6 nitrogen and oxygen atoms in total. The molecular formula is C11H11F2N3O3. The van der Waals surface area contributed by atoms with Crippen LogP contribution in [-0.2, 0) is 11.3 Å². The predicted octanol–water partition coefficient (Wildman–Crippen LogP) is 1.41. The lowest BCUT2D eigenvalue weighted by Crippen LogP contribution is -2.11. The monoisotopic (exact) mass is 271 g/mol. The molecule has 0 saturated carbocycles. The molecule has 2 aromatic rings. The Labute approximate surface area is 106 Å². The van der Waals surface area contributed by atoms with E-state index < -0.39 is 19.0 Å². The van der Waals surface area contributed by atoms with Gasteiger partial charge in [-0.3, -0.25) is 0 Å². The molecule has 0 aliphatic rings. The zero-order valence-electron chi connectivity index (χ0n) is 9.79. The van der Waals surface area contributed by atoms with Crippen molar-refractivity contribution in [3.63, 3.8) is 0 Å². The molecule has 2 rings (SSSR count). The predicted molar refractivity (Wildman–Crippen MR) is 61.3 cm³/mol. The standard InChI is InChI=1S/C11H11F2N3O3/c12-9(13)6-19-5-4-16-8-3-1-2-7(11(17)18)10(8)14-15-16/h1-3,9H,4-6H2,(H,17,18). The van der Waals surface area contributed by atoms with Crippen molar-refractivity contribution < 1.29 is 23.4 Å². The molecule has 0 aliphatic heterocycles. The second-order valence-electron chi connectivity index (χ2n) is 3.76. The first-order valence-corrected chi connectivity index (χ1v) is 5.51. The smallest absolute Gasteiger partial charge is 0.338 e. The molecule has 0 aliphatic carbocycles. The summed E-state index contributed by atoms with van der Waals surface area (Å²) in [7, 11) is 0. The van der Waals surface area contributed by atoms with Crippen LogP contribution in [0.4, 0.5) is 8.78 Å². The van der Waals surface area contributed by atoms with Gasteiger partial charge >= 0.3 is 5.97 Å². The van der Waals surface area contributed by atoms with Gasteiger partial charge in [-0.1, -0.05) is 11.3 Å². The Bertz CT molecular complexity index is 586. The Balaban J connectivity index is 2.12. The van der Waals surface area contributed by atoms with Crippen LogP contribution in [0.1, 0.15) is 10.4 Å². The highest BCUT2D eigenvalue weighted by Gasteiger charge is 2.13. The van der Waals surface area contributed by atoms with Gasteiger partial charge in [0.2, 0.25) is 0 Å². The maximum Gasteiger partial charge on any atom is 0.338 e. The van der Waals surface area contributed by atoms with Crippen LogP contribution in [-0.4, -0.2) is 45.7 Å². The van der Waals surface area contributed by atoms with Gasteiger partial charge in [0, 0.05) is 0 Å². The highest BCUT2D eigenvalue weighted by atomic mass is 19.3. The van der Waals surface area contributed by atoms with E-state index in [1.165, 1.54) is 10.7 Å². The van der Waals surface area contributed by atoms with Gasteiger partial charge in [-0.25, -0.2) is 18.3 Å². The number of carbonyl (C=O) groups is 1. The van der Waals surface area contributed by atoms with Gasteiger partial charge in [-0.05, 0) is 12.1 Å². The molecule has 1 heterocycles. The Morgan fingerprint density at radius 2 is 2.26 bits per heavy atom. The number of hydrogen-bond donors (Lipinski definition) is 1. The number of hydrogen-bond acceptors (Lipinski definition) is 4. The van der Waals surface area contributed by atoms with Crippen LogP contribution in [0.3, 0.4) is 0 Å². The number of carboxylic acid groups (broad SMARTS) is 1. The van der Waals surface area contributed by atoms with Crippen LogP contribution in [0.25, 0.3) is 11.0 Å². The van der Waals surface area contributed by atoms with Crippen molar-refractivity contribution in [2.24, 2.45) is 0 Å². The lowest BCUT2D eigenvalue weighted by Gasteiger charge is -2.04. The maximum atomic E-state index is 11.9. The minimum atomic E-state index is -2.51. The van der Waals surface area contributed by atoms with E-state index >= 15 is 0 Å². The highest BCUT2D eigenvalue weighted by Crippen LogP contribution is 2.15. The Kier molecular flexibility index (Phi) is 4.00. The van der Waals surface area contributed by atoms with E-state index in [9.17, 15) is 13.6 Å². The topological polar surface area (TPSA) is 77.2 Å². The fraction of sp³-hybridized carbons (Fsp3) is 0.364. The van der Waals surface area contributed by atoms with Crippen molar-refractivity contribution in [3.05, 3.63) is 23.8 Å². The summed E-state index contributed by atoms with van der Waals surface area (Å²) in [5.41, 5.74) is 0.849. The largest absolute Gasteiger partial charge is 0.478 e. The first-order valence-electron chi connectivity index (χ1n) is 5.51. The van der Waals surface area contributed by atoms with Gasteiger partial charge in [0.15, 0.2) is 0 Å². The van der Waals surface area contributed by atoms with Crippen molar-refractivity contribution in [2.45, 2.75) is 13.0 Å². The molecule has 0 spiro atoms. The van der Waals surface area contributed by atoms with Crippen LogP contribution >= 0.6 is 0 Å². The van der Waals surface area contributed by atoms with Crippen LogP contribution in [0.5, 0.6) is 0 Å². The number of ether oxygens (including phenoxy) is 1. The minimum absolute atomic E-state index is 0.0530. The SMILES string of the molecule is O=C(O)c1cccc2c1nnn2CCOCC(F)F. The quantitative estimate of drug-likeness (QED) is 0.804. The van der Waals surface area contributed by atoms with Crippen LogP contribution < -0.4 is 0 Å². The fourth-order valence-electron chi connectivity index (χ4n) is 1.65. The summed E-state index contributed by atoms with van der Waals surface area (Å²) < 4.78 is 29.9. The van der Waals surface area contributed by atoms with Crippen LogP contribution in [0.2, 0.25) is 0 Å². The molecule has 0 atom stereocenters. The van der Waals surface area contributed by atoms with E-state index in [1.807, 2.05) is 0 Å². The summed E-state index contributed by atoms with van der Waals surface area (Å²) in [6, 6.07) is 4.66. The number of halogens is 2. The van der Waals surface area contributed by atoms with Gasteiger partial charge in [-0.15, -0.1) is 5.10 Å². The molecule has 0 amide bonds. The average molecular weight is 271 g/mol. The van der Waals surface area contributed by atoms with Crippen molar-refractivity contribution in [2.75, 3.05) is 13.2 Å². The van der Waals surface area contributed by atoms with Crippen molar-refractivity contribution >= 4 is 17.0 Å². The number of benzene rings is 1. The molecule has 0 radical (unpaired) electrons. The van der Waals surface area contributed by atoms with Crippen molar-refractivity contribution in [1.82, 2.24) is 15.0 Å². The van der Waals surface area contributed by atoms with Crippen molar-refractivity contribution in [1.29, 1.82) is 0 Å². The van der Waals surface area contributed by atoms with Gasteiger partial charge in [0.1, 0.15) is 12.1 Å². The van der Waals surface area contributed by atoms with Crippen molar-refractivity contribution in [3.8, 4) is 0 Å². The van der Waals surface area contributed by atoms with E-state index in [2.05, 4.69) is 10.3 Å². The molecule has 0 bridgehead atoms. The summed E-state index contributed by atoms with van der Waals surface area (Å²) in [6.45, 7) is -0.348. The first-order chi connectivity index (χ1) is 9.09. The second kappa shape index (κ2) is 5.70. The van der Waals surface area contributed by atoms with E-state index in [1.54, 1.807) is 12.1 Å². The molecule has 19 heavy (non-hydrogen) atoms. The second-order valence-corrected chi connectivity index (χ2v) is 3.76. The number of nitrogens with zero attached hydrogens (tertiary/aromatic N) is 3. The van der Waals surface area contributed by atoms with Crippen LogP contribution in [0, 0.1) is 0 Å². The molecule has 8 heteroatoms. The number of fused-ring (bicyclic) bond motifs is 1. The third-order valence-electron chi connectivity index (χ3n) is 2.47. The Morgan fingerprint density at radius 1 is 1.47 bits per heavy atom. The zero-order chi connectivity index (χ0) is 13.8. The lowest BCUT2D eigenvalue weighted by atomic mass is 10.2. The minimum Gasteiger partial charge on any atom is -0.478 e. The van der Waals surface area contributed by atoms with Gasteiger partial charge in [-0.2, -0.15) is 0 Å². The fourth-order valence-corrected chi connectivity index (χ4v) is 1.65. The van der Waals surface area contributed by atoms with Gasteiger partial charge in [0.25, 0.3) is 6.43 Å². The molecule has 1 aromatic carbocycles. The number of carboxylic acids is 1. The summed E-state index contributed by atoms with van der Waals surface area (Å²) in [4.78, 5) is 11.0. The molecule has 0 unspecified atom stereocenters. The summed E-state index contributed by atoms with van der Waals surface area (Å²) >= 11 is 0. The molecule has 0 saturated heterocycles. The van der Waals surface area contributed by atoms with Gasteiger partial charge in [0.05, 0.1) is 24.2 Å². The third kappa shape index (κ3) is 3.02. The Morgan fingerprint density at radius 3 is 2.95 bits per heavy atom. The highest BCUT2D eigenvalue weighted by molar-refractivity contribution is 6.00. The van der Waals surface area contributed by atoms with Gasteiger partial charge < -0.3 is 9.84 Å². The molecule has 102 valence electrons. The molecule has 1 aromatic heterocycles. The number of rotatable bonds is 6. The van der Waals surface area contributed by atoms with Crippen LogP contribution in [0.15, 0.2) is 18.2 Å². The molecule has 1 N–H and O–H groups in total. The first kappa shape index (κ1) is 13.3.